The molecule has 1 aliphatic carbocycles. The molecule has 2 aromatic heterocycles. The average molecular weight is 634 g/mol. The van der Waals surface area contributed by atoms with E-state index in [9.17, 15) is 19.2 Å². The van der Waals surface area contributed by atoms with Gasteiger partial charge in [-0.1, -0.05) is 23.8 Å². The van der Waals surface area contributed by atoms with Gasteiger partial charge in [0.2, 0.25) is 0 Å². The van der Waals surface area contributed by atoms with Crippen LogP contribution in [0.5, 0.6) is 0 Å². The van der Waals surface area contributed by atoms with E-state index in [1.54, 1.807) is 27.4 Å². The lowest BCUT2D eigenvalue weighted by Crippen LogP contribution is -2.48. The van der Waals surface area contributed by atoms with Gasteiger partial charge in [-0.15, -0.1) is 5.10 Å². The van der Waals surface area contributed by atoms with Crippen LogP contribution >= 0.6 is 0 Å². The highest BCUT2D eigenvalue weighted by Gasteiger charge is 2.40. The summed E-state index contributed by atoms with van der Waals surface area (Å²) in [4.78, 5) is 54.4. The van der Waals surface area contributed by atoms with E-state index in [1.165, 1.54) is 4.90 Å². The molecule has 0 N–H and O–H groups in total. The van der Waals surface area contributed by atoms with Crippen LogP contribution in [-0.2, 0) is 47.1 Å². The van der Waals surface area contributed by atoms with Crippen LogP contribution in [0.4, 0.5) is 9.59 Å². The lowest BCUT2D eigenvalue weighted by atomic mass is 9.85. The van der Waals surface area contributed by atoms with Gasteiger partial charge in [0.05, 0.1) is 31.7 Å². The lowest BCUT2D eigenvalue weighted by Gasteiger charge is -2.35. The van der Waals surface area contributed by atoms with Crippen LogP contribution in [0.2, 0.25) is 0 Å². The van der Waals surface area contributed by atoms with Gasteiger partial charge < -0.3 is 23.7 Å². The molecule has 14 nitrogen and oxygen atoms in total. The van der Waals surface area contributed by atoms with Crippen LogP contribution in [0, 0.1) is 5.92 Å². The number of carbonyl (C=O) groups excluding carboxylic acids is 4. The topological polar surface area (TPSA) is 147 Å². The Morgan fingerprint density at radius 2 is 1.83 bits per heavy atom. The largest absolute Gasteiger partial charge is 0.659 e. The van der Waals surface area contributed by atoms with Crippen LogP contribution < -0.4 is 5.59 Å². The van der Waals surface area contributed by atoms with Crippen LogP contribution in [0.15, 0.2) is 24.4 Å². The van der Waals surface area contributed by atoms with Crippen LogP contribution in [0.25, 0.3) is 10.9 Å². The maximum atomic E-state index is 13.5. The minimum Gasteiger partial charge on any atom is -0.493 e. The lowest BCUT2D eigenvalue weighted by molar-refractivity contribution is -0.145. The van der Waals surface area contributed by atoms with Crippen molar-refractivity contribution < 1.29 is 38.0 Å². The van der Waals surface area contributed by atoms with Gasteiger partial charge in [0, 0.05) is 29.4 Å². The van der Waals surface area contributed by atoms with Gasteiger partial charge in [0.1, 0.15) is 16.8 Å². The zero-order chi connectivity index (χ0) is 33.0. The van der Waals surface area contributed by atoms with E-state index in [4.69, 9.17) is 18.8 Å². The summed E-state index contributed by atoms with van der Waals surface area (Å²) in [6, 6.07) is 5.80. The summed E-state index contributed by atoms with van der Waals surface area (Å²) in [5.74, 6) is -0.709. The fraction of sp³-hybridized carbons (Fsp3) is 0.548. The van der Waals surface area contributed by atoms with E-state index in [0.717, 1.165) is 35.8 Å². The Balaban J connectivity index is 1.32. The number of benzene rings is 1. The Kier molecular flexibility index (Phi) is 8.07. The molecule has 1 amide bonds. The van der Waals surface area contributed by atoms with Gasteiger partial charge in [-0.05, 0) is 72.1 Å². The first-order valence-corrected chi connectivity index (χ1v) is 15.5. The zero-order valence-corrected chi connectivity index (χ0v) is 27.1. The SMILES string of the molecule is CN1CC(=O)OB(c2cn(Cc3ccc4cc(CN(CC5CCC5)C(=O)OC(C)(C)C)n5c4c3C(C)(C)OC5=O)nn2)OC(=O)C1. The van der Waals surface area contributed by atoms with Crippen molar-refractivity contribution in [1.82, 2.24) is 29.4 Å². The van der Waals surface area contributed by atoms with E-state index < -0.39 is 42.4 Å². The number of nitrogens with zero attached hydrogens (tertiary/aromatic N) is 6. The number of aromatic nitrogens is 4. The fourth-order valence-electron chi connectivity index (χ4n) is 6.18. The van der Waals surface area contributed by atoms with Gasteiger partial charge in [-0.3, -0.25) is 14.5 Å². The first-order chi connectivity index (χ1) is 21.7. The summed E-state index contributed by atoms with van der Waals surface area (Å²) in [5, 5.41) is 9.15. The van der Waals surface area contributed by atoms with E-state index >= 15 is 0 Å². The maximum Gasteiger partial charge on any atom is 0.659 e. The molecular formula is C31H39BN6O8. The van der Waals surface area contributed by atoms with Crippen molar-refractivity contribution in [2.24, 2.45) is 5.92 Å². The van der Waals surface area contributed by atoms with Crippen LogP contribution in [-0.4, -0.2) is 92.9 Å². The van der Waals surface area contributed by atoms with Crippen molar-refractivity contribution in [3.63, 3.8) is 0 Å². The summed E-state index contributed by atoms with van der Waals surface area (Å²) < 4.78 is 25.5. The number of hydrogen-bond donors (Lipinski definition) is 0. The Morgan fingerprint density at radius 3 is 2.46 bits per heavy atom. The molecule has 15 heteroatoms. The van der Waals surface area contributed by atoms with E-state index in [-0.39, 0.29) is 31.8 Å². The van der Waals surface area contributed by atoms with E-state index in [2.05, 4.69) is 10.3 Å². The predicted molar refractivity (Wildman–Crippen MR) is 165 cm³/mol. The molecule has 0 radical (unpaired) electrons. The third kappa shape index (κ3) is 6.46. The van der Waals surface area contributed by atoms with E-state index in [0.29, 0.717) is 23.7 Å². The standard InChI is InChI=1S/C31H39BN6O8/c1-30(2,3)43-28(41)36(13-19-8-7-9-19)15-22-12-20-10-11-21(26-27(20)38(22)29(42)44-31(26,4)5)14-37-16-23(33-34-37)32-45-24(39)17-35(6)18-25(40)46-32/h10-12,16,19H,7-9,13-15,17-18H2,1-6H3. The average Bonchev–Trinajstić information content (AvgIpc) is 3.51. The van der Waals surface area contributed by atoms with Crippen LogP contribution in [0.3, 0.4) is 0 Å². The molecular weight excluding hydrogens is 595 g/mol. The number of amides is 1. The quantitative estimate of drug-likeness (QED) is 0.354. The molecule has 1 aromatic carbocycles. The van der Waals surface area contributed by atoms with Crippen LogP contribution in [0.1, 0.15) is 70.7 Å². The molecule has 244 valence electrons. The van der Waals surface area contributed by atoms with Crippen molar-refractivity contribution in [2.45, 2.75) is 78.2 Å². The highest BCUT2D eigenvalue weighted by Crippen LogP contribution is 2.41. The Hall–Kier alpha value is -4.40. The first-order valence-electron chi connectivity index (χ1n) is 15.5. The molecule has 0 atom stereocenters. The monoisotopic (exact) mass is 634 g/mol. The number of hydrogen-bond acceptors (Lipinski definition) is 11. The molecule has 1 saturated carbocycles. The van der Waals surface area contributed by atoms with E-state index in [1.807, 2.05) is 52.8 Å². The molecule has 6 rings (SSSR count). The van der Waals surface area contributed by atoms with Gasteiger partial charge in [-0.2, -0.15) is 0 Å². The summed E-state index contributed by atoms with van der Waals surface area (Å²) in [5.41, 5.74) is 1.48. The number of ether oxygens (including phenoxy) is 2. The van der Waals surface area contributed by atoms with Gasteiger partial charge in [0.25, 0.3) is 0 Å². The molecule has 2 fully saturated rings. The smallest absolute Gasteiger partial charge is 0.493 e. The number of cyclic esters (lactones) is 1. The first kappa shape index (κ1) is 31.6. The van der Waals surface area contributed by atoms with Crippen molar-refractivity contribution in [1.29, 1.82) is 0 Å². The highest BCUT2D eigenvalue weighted by molar-refractivity contribution is 6.63. The Labute approximate surface area is 267 Å². The molecule has 3 aromatic rings. The summed E-state index contributed by atoms with van der Waals surface area (Å²) in [7, 11) is 0.306. The second kappa shape index (κ2) is 11.8. The summed E-state index contributed by atoms with van der Waals surface area (Å²) >= 11 is 0. The summed E-state index contributed by atoms with van der Waals surface area (Å²) in [6.07, 6.45) is 3.87. The molecule has 0 bridgehead atoms. The zero-order valence-electron chi connectivity index (χ0n) is 27.1. The minimum atomic E-state index is -1.31. The molecule has 2 aliphatic heterocycles. The molecule has 46 heavy (non-hydrogen) atoms. The van der Waals surface area contributed by atoms with Gasteiger partial charge in [-0.25, -0.2) is 18.8 Å². The molecule has 1 saturated heterocycles. The predicted octanol–water partition coefficient (Wildman–Crippen LogP) is 2.78. The summed E-state index contributed by atoms with van der Waals surface area (Å²) in [6.45, 7) is 10.0. The molecule has 0 unspecified atom stereocenters. The second-order valence-electron chi connectivity index (χ2n) is 13.9. The molecule has 0 spiro atoms. The third-order valence-corrected chi connectivity index (χ3v) is 8.37. The van der Waals surface area contributed by atoms with Crippen molar-refractivity contribution in [3.8, 4) is 0 Å². The molecule has 4 heterocycles. The van der Waals surface area contributed by atoms with Gasteiger partial charge >= 0.3 is 31.2 Å². The number of carbonyl (C=O) groups is 4. The van der Waals surface area contributed by atoms with Crippen molar-refractivity contribution in [2.75, 3.05) is 26.7 Å². The second-order valence-corrected chi connectivity index (χ2v) is 13.9. The van der Waals surface area contributed by atoms with Crippen molar-refractivity contribution >= 4 is 47.7 Å². The normalized spacial score (nSPS) is 18.7. The number of rotatable bonds is 7. The fourth-order valence-corrected chi connectivity index (χ4v) is 6.18. The third-order valence-electron chi connectivity index (χ3n) is 8.37. The maximum absolute atomic E-state index is 13.5. The Morgan fingerprint density at radius 1 is 1.13 bits per heavy atom. The molecule has 3 aliphatic rings. The van der Waals surface area contributed by atoms with Crippen molar-refractivity contribution in [3.05, 3.63) is 41.2 Å². The Bertz CT molecular complexity index is 1680. The number of likely N-dealkylation sites (N-methyl/N-ethyl adjacent to an activating group) is 1. The minimum absolute atomic E-state index is 0.0608. The highest BCUT2D eigenvalue weighted by atomic mass is 16.6. The van der Waals surface area contributed by atoms with Gasteiger partial charge in [0.15, 0.2) is 0 Å².